The van der Waals surface area contributed by atoms with Crippen molar-refractivity contribution in [2.45, 2.75) is 18.8 Å². The molecule has 0 heterocycles. The van der Waals surface area contributed by atoms with E-state index in [1.807, 2.05) is 30.3 Å². The van der Waals surface area contributed by atoms with Gasteiger partial charge in [-0.15, -0.1) is 0 Å². The zero-order chi connectivity index (χ0) is 15.2. The van der Waals surface area contributed by atoms with Gasteiger partial charge in [-0.3, -0.25) is 10.1 Å². The predicted molar refractivity (Wildman–Crippen MR) is 88.9 cm³/mol. The summed E-state index contributed by atoms with van der Waals surface area (Å²) in [7, 11) is 0. The molecule has 0 saturated carbocycles. The lowest BCUT2D eigenvalue weighted by atomic mass is 10.1. The van der Waals surface area contributed by atoms with Crippen molar-refractivity contribution in [1.82, 2.24) is 0 Å². The first-order valence-corrected chi connectivity index (χ1v) is 7.90. The smallest absolute Gasteiger partial charge is 0.273 e. The number of rotatable bonds is 6. The Kier molecular flexibility index (Phi) is 5.33. The molecule has 5 heteroatoms. The van der Waals surface area contributed by atoms with E-state index in [1.54, 1.807) is 6.07 Å². The number of halogens is 1. The standard InChI is InChI=1S/C16H17BrN2O2/c1-2-18(12-13-6-4-3-5-7-13)15-8-9-16(19(20)21)14(10-15)11-17/h3-10H,2,11-12H2,1H3. The fourth-order valence-electron chi connectivity index (χ4n) is 2.24. The molecule has 2 aromatic carbocycles. The van der Waals surface area contributed by atoms with Gasteiger partial charge in [-0.25, -0.2) is 0 Å². The molecule has 0 bridgehead atoms. The van der Waals surface area contributed by atoms with Crippen molar-refractivity contribution in [3.8, 4) is 0 Å². The summed E-state index contributed by atoms with van der Waals surface area (Å²) >= 11 is 3.33. The molecule has 0 aliphatic rings. The molecule has 0 unspecified atom stereocenters. The zero-order valence-corrected chi connectivity index (χ0v) is 13.4. The Hall–Kier alpha value is -1.88. The van der Waals surface area contributed by atoms with E-state index in [4.69, 9.17) is 0 Å². The van der Waals surface area contributed by atoms with Gasteiger partial charge in [-0.1, -0.05) is 46.3 Å². The van der Waals surface area contributed by atoms with Gasteiger partial charge in [0.2, 0.25) is 0 Å². The Morgan fingerprint density at radius 2 is 1.90 bits per heavy atom. The lowest BCUT2D eigenvalue weighted by molar-refractivity contribution is -0.385. The summed E-state index contributed by atoms with van der Waals surface area (Å²) in [5, 5.41) is 11.5. The molecule has 2 rings (SSSR count). The van der Waals surface area contributed by atoms with Gasteiger partial charge >= 0.3 is 0 Å². The molecule has 0 aliphatic carbocycles. The highest BCUT2D eigenvalue weighted by atomic mass is 79.9. The van der Waals surface area contributed by atoms with Crippen LogP contribution < -0.4 is 4.90 Å². The third-order valence-corrected chi connectivity index (χ3v) is 3.97. The molecule has 0 saturated heterocycles. The number of benzene rings is 2. The van der Waals surface area contributed by atoms with Crippen molar-refractivity contribution in [1.29, 1.82) is 0 Å². The second-order valence-electron chi connectivity index (χ2n) is 4.70. The molecule has 2 aromatic rings. The van der Waals surface area contributed by atoms with Crippen molar-refractivity contribution < 1.29 is 4.92 Å². The van der Waals surface area contributed by atoms with Gasteiger partial charge in [-0.2, -0.15) is 0 Å². The van der Waals surface area contributed by atoms with Crippen molar-refractivity contribution in [3.63, 3.8) is 0 Å². The van der Waals surface area contributed by atoms with Gasteiger partial charge < -0.3 is 4.90 Å². The van der Waals surface area contributed by atoms with Gasteiger partial charge in [-0.05, 0) is 24.6 Å². The van der Waals surface area contributed by atoms with Crippen molar-refractivity contribution in [2.75, 3.05) is 11.4 Å². The first kappa shape index (κ1) is 15.5. The Labute approximate surface area is 132 Å². The number of nitrogens with zero attached hydrogens (tertiary/aromatic N) is 2. The maximum absolute atomic E-state index is 11.0. The normalized spacial score (nSPS) is 10.4. The van der Waals surface area contributed by atoms with E-state index in [0.29, 0.717) is 10.9 Å². The number of alkyl halides is 1. The molecule has 0 fully saturated rings. The van der Waals surface area contributed by atoms with E-state index in [9.17, 15) is 10.1 Å². The molecule has 0 aromatic heterocycles. The minimum absolute atomic E-state index is 0.159. The second-order valence-corrected chi connectivity index (χ2v) is 5.26. The van der Waals surface area contributed by atoms with Crippen LogP contribution in [0.2, 0.25) is 0 Å². The number of anilines is 1. The lowest BCUT2D eigenvalue weighted by Crippen LogP contribution is -2.22. The third-order valence-electron chi connectivity index (χ3n) is 3.37. The summed E-state index contributed by atoms with van der Waals surface area (Å²) in [6.07, 6.45) is 0. The van der Waals surface area contributed by atoms with Gasteiger partial charge in [0.15, 0.2) is 0 Å². The summed E-state index contributed by atoms with van der Waals surface area (Å²) in [6.45, 7) is 3.71. The highest BCUT2D eigenvalue weighted by molar-refractivity contribution is 9.08. The van der Waals surface area contributed by atoms with Crippen LogP contribution in [0.15, 0.2) is 48.5 Å². The van der Waals surface area contributed by atoms with Crippen LogP contribution in [0.4, 0.5) is 11.4 Å². The molecular formula is C16H17BrN2O2. The van der Waals surface area contributed by atoms with Crippen molar-refractivity contribution in [3.05, 3.63) is 69.8 Å². The SMILES string of the molecule is CCN(Cc1ccccc1)c1ccc([N+](=O)[O-])c(CBr)c1. The van der Waals surface area contributed by atoms with Crippen LogP contribution in [0.3, 0.4) is 0 Å². The van der Waals surface area contributed by atoms with Crippen LogP contribution >= 0.6 is 15.9 Å². The Morgan fingerprint density at radius 3 is 2.48 bits per heavy atom. The third kappa shape index (κ3) is 3.82. The molecule has 0 radical (unpaired) electrons. The average molecular weight is 349 g/mol. The Morgan fingerprint density at radius 1 is 1.19 bits per heavy atom. The number of nitro groups is 1. The topological polar surface area (TPSA) is 46.4 Å². The highest BCUT2D eigenvalue weighted by Gasteiger charge is 2.15. The van der Waals surface area contributed by atoms with Crippen LogP contribution in [0.25, 0.3) is 0 Å². The van der Waals surface area contributed by atoms with Gasteiger partial charge in [0.25, 0.3) is 5.69 Å². The zero-order valence-electron chi connectivity index (χ0n) is 11.8. The molecule has 0 amide bonds. The van der Waals surface area contributed by atoms with Crippen LogP contribution in [-0.4, -0.2) is 11.5 Å². The van der Waals surface area contributed by atoms with Crippen LogP contribution in [0, 0.1) is 10.1 Å². The maximum Gasteiger partial charge on any atom is 0.273 e. The van der Waals surface area contributed by atoms with Crippen molar-refractivity contribution >= 4 is 27.3 Å². The molecule has 0 spiro atoms. The summed E-state index contributed by atoms with van der Waals surface area (Å²) in [5.41, 5.74) is 3.08. The summed E-state index contributed by atoms with van der Waals surface area (Å²) in [4.78, 5) is 12.9. The van der Waals surface area contributed by atoms with Gasteiger partial charge in [0, 0.05) is 35.7 Å². The lowest BCUT2D eigenvalue weighted by Gasteiger charge is -2.23. The molecule has 110 valence electrons. The van der Waals surface area contributed by atoms with Crippen LogP contribution in [0.5, 0.6) is 0 Å². The van der Waals surface area contributed by atoms with Gasteiger partial charge in [0.05, 0.1) is 4.92 Å². The largest absolute Gasteiger partial charge is 0.367 e. The van der Waals surface area contributed by atoms with Gasteiger partial charge in [0.1, 0.15) is 0 Å². The minimum atomic E-state index is -0.339. The average Bonchev–Trinajstić information content (AvgIpc) is 2.52. The van der Waals surface area contributed by atoms with E-state index >= 15 is 0 Å². The van der Waals surface area contributed by atoms with Crippen molar-refractivity contribution in [2.24, 2.45) is 0 Å². The van der Waals surface area contributed by atoms with Crippen LogP contribution in [-0.2, 0) is 11.9 Å². The van der Waals surface area contributed by atoms with E-state index in [-0.39, 0.29) is 10.6 Å². The first-order valence-electron chi connectivity index (χ1n) is 6.78. The number of hydrogen-bond acceptors (Lipinski definition) is 3. The molecule has 0 atom stereocenters. The molecule has 0 N–H and O–H groups in total. The van der Waals surface area contributed by atoms with Crippen LogP contribution in [0.1, 0.15) is 18.1 Å². The molecular weight excluding hydrogens is 332 g/mol. The fourth-order valence-corrected chi connectivity index (χ4v) is 2.69. The monoisotopic (exact) mass is 348 g/mol. The Bertz CT molecular complexity index is 617. The second kappa shape index (κ2) is 7.22. The fraction of sp³-hybridized carbons (Fsp3) is 0.250. The summed E-state index contributed by atoms with van der Waals surface area (Å²) < 4.78 is 0. The van der Waals surface area contributed by atoms with E-state index in [2.05, 4.69) is 39.9 Å². The number of hydrogen-bond donors (Lipinski definition) is 0. The predicted octanol–water partition coefficient (Wildman–Crippen LogP) is 4.52. The number of nitro benzene ring substituents is 1. The quantitative estimate of drug-likeness (QED) is 0.438. The molecule has 0 aliphatic heterocycles. The maximum atomic E-state index is 11.0. The first-order chi connectivity index (χ1) is 10.2. The molecule has 4 nitrogen and oxygen atoms in total. The highest BCUT2D eigenvalue weighted by Crippen LogP contribution is 2.27. The Balaban J connectivity index is 2.28. The minimum Gasteiger partial charge on any atom is -0.367 e. The summed E-state index contributed by atoms with van der Waals surface area (Å²) in [5.74, 6) is 0. The molecule has 21 heavy (non-hydrogen) atoms. The van der Waals surface area contributed by atoms with E-state index < -0.39 is 0 Å². The van der Waals surface area contributed by atoms with E-state index in [1.165, 1.54) is 5.56 Å². The van der Waals surface area contributed by atoms with E-state index in [0.717, 1.165) is 18.8 Å². The summed E-state index contributed by atoms with van der Waals surface area (Å²) in [6, 6.07) is 15.5.